The molecule has 386 valence electrons. The molecule has 11 N–H and O–H groups in total. The summed E-state index contributed by atoms with van der Waals surface area (Å²) in [6.07, 6.45) is -6.00. The first kappa shape index (κ1) is 53.2. The molecule has 0 aromatic heterocycles. The van der Waals surface area contributed by atoms with Crippen LogP contribution in [0.3, 0.4) is 0 Å². The van der Waals surface area contributed by atoms with E-state index in [0.717, 1.165) is 49.4 Å². The molecule has 0 aromatic carbocycles. The maximum atomic E-state index is 13.2. The van der Waals surface area contributed by atoms with Crippen LogP contribution in [0.2, 0.25) is 0 Å². The van der Waals surface area contributed by atoms with E-state index in [-0.39, 0.29) is 31.1 Å². The number of aliphatic hydroxyl groups excluding tert-OH is 8. The lowest BCUT2D eigenvalue weighted by Gasteiger charge is -2.58. The molecule has 3 heterocycles. The zero-order chi connectivity index (χ0) is 48.5. The highest BCUT2D eigenvalue weighted by molar-refractivity contribution is 5.67. The van der Waals surface area contributed by atoms with Crippen molar-refractivity contribution >= 4 is 6.09 Å². The van der Waals surface area contributed by atoms with Crippen molar-refractivity contribution in [2.24, 2.45) is 52.1 Å². The third kappa shape index (κ3) is 11.1. The monoisotopic (exact) mass is 957 g/mol. The van der Waals surface area contributed by atoms with E-state index in [1.54, 1.807) is 0 Å². The van der Waals surface area contributed by atoms with Gasteiger partial charge < -0.3 is 85.1 Å². The van der Waals surface area contributed by atoms with Gasteiger partial charge in [-0.1, -0.05) is 65.5 Å². The van der Waals surface area contributed by atoms with Gasteiger partial charge in [0.1, 0.15) is 67.1 Å². The number of ether oxygens (including phenoxy) is 7. The minimum Gasteiger partial charge on any atom is -0.446 e. The molecule has 18 nitrogen and oxygen atoms in total. The maximum absolute atomic E-state index is 13.2. The summed E-state index contributed by atoms with van der Waals surface area (Å²) in [7, 11) is 0. The summed E-state index contributed by atoms with van der Waals surface area (Å²) in [4.78, 5) is 13.2. The van der Waals surface area contributed by atoms with Gasteiger partial charge in [-0.3, -0.25) is 0 Å². The van der Waals surface area contributed by atoms with Gasteiger partial charge in [-0.25, -0.2) is 4.79 Å². The number of hydrogen-bond donors (Lipinski definition) is 10. The first-order valence-electron chi connectivity index (χ1n) is 25.4. The van der Waals surface area contributed by atoms with E-state index in [0.29, 0.717) is 17.3 Å². The second-order valence-electron chi connectivity index (χ2n) is 22.1. The topological polar surface area (TPSA) is 282 Å². The summed E-state index contributed by atoms with van der Waals surface area (Å²) >= 11 is 0. The fraction of sp³-hybridized carbons (Fsp3) is 0.939. The number of aliphatic hydroxyl groups is 8. The van der Waals surface area contributed by atoms with E-state index < -0.39 is 111 Å². The number of alkyl carbamates (subject to hydrolysis) is 1. The number of nitrogens with one attached hydrogen (secondary N) is 1. The Balaban J connectivity index is 0.929. The van der Waals surface area contributed by atoms with Gasteiger partial charge in [0.05, 0.1) is 32.0 Å². The average molecular weight is 957 g/mol. The number of hydrogen-bond acceptors (Lipinski definition) is 17. The Bertz CT molecular complexity index is 1640. The number of carbonyl (C=O) groups excluding carboxylic acids is 1. The van der Waals surface area contributed by atoms with Crippen LogP contribution in [0, 0.1) is 46.3 Å². The third-order valence-electron chi connectivity index (χ3n) is 17.5. The average Bonchev–Trinajstić information content (AvgIpc) is 3.66. The Labute approximate surface area is 396 Å². The van der Waals surface area contributed by atoms with Crippen LogP contribution in [-0.2, 0) is 33.2 Å². The molecule has 0 unspecified atom stereocenters. The third-order valence-corrected chi connectivity index (χ3v) is 17.5. The Kier molecular flexibility index (Phi) is 17.8. The van der Waals surface area contributed by atoms with Gasteiger partial charge in [-0.05, 0) is 105 Å². The number of nitrogens with two attached hydrogens (primary N) is 1. The van der Waals surface area contributed by atoms with Crippen molar-refractivity contribution in [3.05, 3.63) is 11.6 Å². The molecule has 23 atom stereocenters. The van der Waals surface area contributed by atoms with Gasteiger partial charge in [0, 0.05) is 13.0 Å². The molecule has 3 saturated heterocycles. The fourth-order valence-electron chi connectivity index (χ4n) is 13.5. The molecular weight excluding hydrogens is 873 g/mol. The van der Waals surface area contributed by atoms with Crippen molar-refractivity contribution < 1.29 is 78.8 Å². The summed E-state index contributed by atoms with van der Waals surface area (Å²) in [6, 6.07) is -1.38. The minimum atomic E-state index is -1.77. The zero-order valence-electron chi connectivity index (χ0n) is 40.5. The summed E-state index contributed by atoms with van der Waals surface area (Å²) in [5, 5.41) is 86.8. The Morgan fingerprint density at radius 3 is 2.21 bits per heavy atom. The van der Waals surface area contributed by atoms with Crippen LogP contribution < -0.4 is 11.1 Å². The normalized spacial score (nSPS) is 47.1. The molecule has 6 fully saturated rings. The van der Waals surface area contributed by atoms with Crippen molar-refractivity contribution in [2.45, 2.75) is 217 Å². The Morgan fingerprint density at radius 2 is 1.49 bits per heavy atom. The lowest BCUT2D eigenvalue weighted by atomic mass is 9.47. The zero-order valence-corrected chi connectivity index (χ0v) is 40.5. The van der Waals surface area contributed by atoms with Crippen LogP contribution >= 0.6 is 0 Å². The van der Waals surface area contributed by atoms with Crippen molar-refractivity contribution in [2.75, 3.05) is 26.4 Å². The number of rotatable bonds is 17. The molecule has 18 heteroatoms. The van der Waals surface area contributed by atoms with E-state index >= 15 is 0 Å². The molecular formula is C49H84N2O16. The molecule has 3 aliphatic heterocycles. The summed E-state index contributed by atoms with van der Waals surface area (Å²) in [5.41, 5.74) is 8.14. The van der Waals surface area contributed by atoms with Crippen LogP contribution in [0.1, 0.15) is 119 Å². The van der Waals surface area contributed by atoms with E-state index in [9.17, 15) is 45.6 Å². The second-order valence-corrected chi connectivity index (χ2v) is 22.1. The lowest BCUT2D eigenvalue weighted by molar-refractivity contribution is -0.384. The van der Waals surface area contributed by atoms with Gasteiger partial charge in [-0.15, -0.1) is 0 Å². The number of carbonyl (C=O) groups is 1. The molecule has 4 aliphatic carbocycles. The standard InChI is InChI=1S/C49H84N2O16/c1-24(2)9-7-10-25(3)30-13-14-31-29-12-11-27-21-28(15-17-48(27,5)32(29)16-18-49(30,31)6)63-47(60)51-19-8-20-61-46-43(67-45-41(59)40(58)36(54)26(4)62-45)42(38(56)34(23-53)65-46)66-44-35(50)39(57)37(55)33(22-52)64-44/h11,24-26,28-46,52-59H,7-10,12-23,50H2,1-6H3,(H,51,60)/t25-,26+,28-,29+,30-,31+,32+,33-,34-,35-,36-,37+,38+,39-,40-,41+,42+,43-,44-,45+,46-,48+,49-/m1/s1. The van der Waals surface area contributed by atoms with Gasteiger partial charge in [-0.2, -0.15) is 0 Å². The van der Waals surface area contributed by atoms with Crippen LogP contribution in [0.5, 0.6) is 0 Å². The highest BCUT2D eigenvalue weighted by atomic mass is 16.8. The highest BCUT2D eigenvalue weighted by Crippen LogP contribution is 2.67. The first-order valence-corrected chi connectivity index (χ1v) is 25.4. The van der Waals surface area contributed by atoms with Crippen molar-refractivity contribution in [1.82, 2.24) is 5.32 Å². The van der Waals surface area contributed by atoms with Crippen LogP contribution in [0.4, 0.5) is 4.79 Å². The van der Waals surface area contributed by atoms with Gasteiger partial charge in [0.2, 0.25) is 0 Å². The smallest absolute Gasteiger partial charge is 0.407 e. The van der Waals surface area contributed by atoms with Gasteiger partial charge in [0.15, 0.2) is 18.9 Å². The molecule has 7 aliphatic rings. The SMILES string of the molecule is CC(C)CCC[C@@H](C)[C@H]1CC[C@H]2[C@@H]3CC=C4C[C@H](OC(=O)NCCCO[C@@H]5O[C@H](CO)[C@H](O)[C@H](O[C@H]6O[C@H](CO)[C@H](O)[C@H](O)[C@H]6N)[C@H]5O[C@@H]5O[C@@H](C)[C@@H](O)[C@@H](O)[C@@H]5O)CC[C@]4(C)[C@H]3CC[C@]12C. The van der Waals surface area contributed by atoms with E-state index in [1.165, 1.54) is 57.4 Å². The van der Waals surface area contributed by atoms with E-state index in [1.807, 2.05) is 0 Å². The van der Waals surface area contributed by atoms with Crippen molar-refractivity contribution in [3.8, 4) is 0 Å². The Morgan fingerprint density at radius 1 is 0.791 bits per heavy atom. The minimum absolute atomic E-state index is 0.0520. The van der Waals surface area contributed by atoms with E-state index in [4.69, 9.17) is 38.9 Å². The predicted octanol–water partition coefficient (Wildman–Crippen LogP) is 1.97. The maximum Gasteiger partial charge on any atom is 0.407 e. The number of allylic oxidation sites excluding steroid dienone is 1. The molecule has 0 bridgehead atoms. The van der Waals surface area contributed by atoms with Crippen LogP contribution in [0.25, 0.3) is 0 Å². The predicted molar refractivity (Wildman–Crippen MR) is 241 cm³/mol. The first-order chi connectivity index (χ1) is 31.8. The molecule has 67 heavy (non-hydrogen) atoms. The number of fused-ring (bicyclic) bond motifs is 5. The highest BCUT2D eigenvalue weighted by Gasteiger charge is 2.60. The molecule has 7 rings (SSSR count). The molecule has 0 radical (unpaired) electrons. The quantitative estimate of drug-likeness (QED) is 0.0737. The molecule has 3 saturated carbocycles. The summed E-state index contributed by atoms with van der Waals surface area (Å²) in [5.74, 6) is 4.50. The molecule has 0 aromatic rings. The molecule has 0 spiro atoms. The second kappa shape index (κ2) is 22.4. The van der Waals surface area contributed by atoms with Crippen LogP contribution in [-0.4, -0.2) is 171 Å². The van der Waals surface area contributed by atoms with Crippen LogP contribution in [0.15, 0.2) is 11.6 Å². The lowest BCUT2D eigenvalue weighted by Crippen LogP contribution is -2.68. The van der Waals surface area contributed by atoms with Gasteiger partial charge >= 0.3 is 6.09 Å². The Hall–Kier alpha value is -1.59. The van der Waals surface area contributed by atoms with Gasteiger partial charge in [0.25, 0.3) is 0 Å². The summed E-state index contributed by atoms with van der Waals surface area (Å²) < 4.78 is 41.5. The van der Waals surface area contributed by atoms with Crippen molar-refractivity contribution in [1.29, 1.82) is 0 Å². The van der Waals surface area contributed by atoms with Crippen molar-refractivity contribution in [3.63, 3.8) is 0 Å². The fourth-order valence-corrected chi connectivity index (χ4v) is 13.5. The molecule has 1 amide bonds. The largest absolute Gasteiger partial charge is 0.446 e. The van der Waals surface area contributed by atoms with E-state index in [2.05, 4.69) is 46.0 Å². The number of amides is 1. The summed E-state index contributed by atoms with van der Waals surface area (Å²) in [6.45, 7) is 12.4.